The van der Waals surface area contributed by atoms with Crippen LogP contribution < -0.4 is 5.32 Å². The van der Waals surface area contributed by atoms with Crippen molar-refractivity contribution in [2.24, 2.45) is 0 Å². The number of benzene rings is 1. The maximum absolute atomic E-state index is 11.4. The predicted molar refractivity (Wildman–Crippen MR) is 75.6 cm³/mol. The highest BCUT2D eigenvalue weighted by Crippen LogP contribution is 2.20. The molecule has 1 saturated heterocycles. The van der Waals surface area contributed by atoms with Gasteiger partial charge in [0.1, 0.15) is 6.04 Å². The average molecular weight is 281 g/mol. The topological polar surface area (TPSA) is 58.6 Å². The van der Waals surface area contributed by atoms with E-state index in [1.165, 1.54) is 0 Å². The number of hydrogen-bond acceptors (Lipinski definition) is 4. The Bertz CT molecular complexity index is 415. The van der Waals surface area contributed by atoms with Crippen LogP contribution in [0, 0.1) is 0 Å². The lowest BCUT2D eigenvalue weighted by Gasteiger charge is -2.17. The smallest absolute Gasteiger partial charge is 0.325 e. The average Bonchev–Trinajstić information content (AvgIpc) is 2.92. The first-order chi connectivity index (χ1) is 9.20. The number of ether oxygens (including phenoxy) is 1. The lowest BCUT2D eigenvalue weighted by Crippen LogP contribution is -2.34. The minimum absolute atomic E-state index is 0.146. The van der Waals surface area contributed by atoms with Gasteiger partial charge in [-0.2, -0.15) is 0 Å². The maximum Gasteiger partial charge on any atom is 0.325 e. The first-order valence-electron chi connectivity index (χ1n) is 6.42. The van der Waals surface area contributed by atoms with E-state index >= 15 is 0 Å². The third-order valence-electron chi connectivity index (χ3n) is 3.27. The first-order valence-corrected chi connectivity index (χ1v) is 7.65. The zero-order valence-corrected chi connectivity index (χ0v) is 11.8. The molecule has 2 atom stereocenters. The minimum atomic E-state index is -0.852. The number of thioether (sulfide) groups is 1. The van der Waals surface area contributed by atoms with Gasteiger partial charge in [-0.15, -0.1) is 11.8 Å². The molecule has 2 N–H and O–H groups in total. The Hall–Kier alpha value is -1.04. The van der Waals surface area contributed by atoms with Gasteiger partial charge in [0.25, 0.3) is 0 Å². The van der Waals surface area contributed by atoms with Crippen LogP contribution in [0.15, 0.2) is 29.2 Å². The molecule has 0 spiro atoms. The summed E-state index contributed by atoms with van der Waals surface area (Å²) in [6.45, 7) is 1.37. The van der Waals surface area contributed by atoms with Crippen LogP contribution in [-0.2, 0) is 9.53 Å². The Morgan fingerprint density at radius 2 is 2.26 bits per heavy atom. The third-order valence-corrected chi connectivity index (χ3v) is 4.01. The van der Waals surface area contributed by atoms with Crippen LogP contribution in [0.1, 0.15) is 24.4 Å². The van der Waals surface area contributed by atoms with Crippen LogP contribution in [0.5, 0.6) is 0 Å². The fourth-order valence-corrected chi connectivity index (χ4v) is 2.61. The number of nitrogens with one attached hydrogen (secondary N) is 1. The molecule has 1 aromatic rings. The summed E-state index contributed by atoms with van der Waals surface area (Å²) in [5.74, 6) is -0.852. The Kier molecular flexibility index (Phi) is 5.24. The predicted octanol–water partition coefficient (Wildman–Crippen LogP) is 2.30. The molecule has 0 aromatic heterocycles. The van der Waals surface area contributed by atoms with Crippen LogP contribution in [0.25, 0.3) is 0 Å². The largest absolute Gasteiger partial charge is 0.480 e. The van der Waals surface area contributed by atoms with Crippen molar-refractivity contribution in [3.63, 3.8) is 0 Å². The zero-order valence-electron chi connectivity index (χ0n) is 11.0. The number of hydrogen-bond donors (Lipinski definition) is 2. The molecule has 104 valence electrons. The lowest BCUT2D eigenvalue weighted by molar-refractivity contribution is -0.139. The van der Waals surface area contributed by atoms with Crippen LogP contribution in [0.3, 0.4) is 0 Å². The second-order valence-electron chi connectivity index (χ2n) is 4.59. The van der Waals surface area contributed by atoms with Crippen molar-refractivity contribution in [2.75, 3.05) is 19.4 Å². The van der Waals surface area contributed by atoms with Crippen molar-refractivity contribution in [3.05, 3.63) is 29.8 Å². The summed E-state index contributed by atoms with van der Waals surface area (Å²) in [6.07, 6.45) is 4.21. The van der Waals surface area contributed by atoms with E-state index in [-0.39, 0.29) is 6.10 Å². The molecule has 2 rings (SSSR count). The summed E-state index contributed by atoms with van der Waals surface area (Å²) in [6, 6.07) is 6.97. The van der Waals surface area contributed by atoms with Gasteiger partial charge in [-0.1, -0.05) is 12.1 Å². The van der Waals surface area contributed by atoms with Gasteiger partial charge >= 0.3 is 5.97 Å². The first kappa shape index (κ1) is 14.4. The van der Waals surface area contributed by atoms with Crippen LogP contribution in [0.4, 0.5) is 0 Å². The monoisotopic (exact) mass is 281 g/mol. The summed E-state index contributed by atoms with van der Waals surface area (Å²) in [5, 5.41) is 12.4. The Morgan fingerprint density at radius 3 is 2.79 bits per heavy atom. The summed E-state index contributed by atoms with van der Waals surface area (Å²) >= 11 is 1.64. The molecule has 0 radical (unpaired) electrons. The Balaban J connectivity index is 1.99. The van der Waals surface area contributed by atoms with Gasteiger partial charge in [-0.25, -0.2) is 0 Å². The van der Waals surface area contributed by atoms with Crippen LogP contribution >= 0.6 is 11.8 Å². The lowest BCUT2D eigenvalue weighted by atomic mass is 10.1. The summed E-state index contributed by atoms with van der Waals surface area (Å²) in [4.78, 5) is 12.5. The molecule has 4 nitrogen and oxygen atoms in total. The second-order valence-corrected chi connectivity index (χ2v) is 5.47. The van der Waals surface area contributed by atoms with Crippen LogP contribution in [-0.4, -0.2) is 36.6 Å². The molecule has 0 bridgehead atoms. The quantitative estimate of drug-likeness (QED) is 0.784. The highest BCUT2D eigenvalue weighted by atomic mass is 32.2. The molecule has 1 aliphatic heterocycles. The molecule has 1 aliphatic rings. The Labute approximate surface area is 117 Å². The van der Waals surface area contributed by atoms with Gasteiger partial charge in [0, 0.05) is 18.0 Å². The number of aliphatic carboxylic acids is 1. The van der Waals surface area contributed by atoms with Gasteiger partial charge < -0.3 is 9.84 Å². The fraction of sp³-hybridized carbons (Fsp3) is 0.500. The standard InChI is InChI=1S/C14H19NO3S/c1-19-12-6-4-10(5-7-12)13(14(16)17)15-9-11-3-2-8-18-11/h4-7,11,13,15H,2-3,8-9H2,1H3,(H,16,17). The summed E-state index contributed by atoms with van der Waals surface area (Å²) < 4.78 is 5.50. The molecular formula is C14H19NO3S. The van der Waals surface area contributed by atoms with E-state index in [1.807, 2.05) is 30.5 Å². The molecule has 0 amide bonds. The molecule has 1 fully saturated rings. The van der Waals surface area contributed by atoms with Crippen molar-refractivity contribution >= 4 is 17.7 Å². The van der Waals surface area contributed by atoms with Crippen molar-refractivity contribution in [1.29, 1.82) is 0 Å². The number of carbonyl (C=O) groups is 1. The SMILES string of the molecule is CSc1ccc(C(NCC2CCCO2)C(=O)O)cc1. The van der Waals surface area contributed by atoms with Gasteiger partial charge in [0.15, 0.2) is 0 Å². The fourth-order valence-electron chi connectivity index (χ4n) is 2.20. The summed E-state index contributed by atoms with van der Waals surface area (Å²) in [5.41, 5.74) is 0.781. The molecule has 1 aromatic carbocycles. The van der Waals surface area contributed by atoms with E-state index in [0.29, 0.717) is 6.54 Å². The van der Waals surface area contributed by atoms with E-state index in [0.717, 1.165) is 29.9 Å². The highest BCUT2D eigenvalue weighted by Gasteiger charge is 2.22. The number of carboxylic acid groups (broad SMARTS) is 1. The van der Waals surface area contributed by atoms with Gasteiger partial charge in [0.2, 0.25) is 0 Å². The number of rotatable bonds is 6. The van der Waals surface area contributed by atoms with E-state index in [4.69, 9.17) is 4.74 Å². The molecule has 0 aliphatic carbocycles. The van der Waals surface area contributed by atoms with Gasteiger partial charge in [0.05, 0.1) is 6.10 Å². The van der Waals surface area contributed by atoms with Crippen LogP contribution in [0.2, 0.25) is 0 Å². The maximum atomic E-state index is 11.4. The van der Waals surface area contributed by atoms with E-state index in [1.54, 1.807) is 11.8 Å². The highest BCUT2D eigenvalue weighted by molar-refractivity contribution is 7.98. The van der Waals surface area contributed by atoms with E-state index < -0.39 is 12.0 Å². The van der Waals surface area contributed by atoms with Crippen molar-refractivity contribution in [2.45, 2.75) is 29.9 Å². The Morgan fingerprint density at radius 1 is 1.53 bits per heavy atom. The van der Waals surface area contributed by atoms with Gasteiger partial charge in [-0.05, 0) is 36.8 Å². The molecule has 19 heavy (non-hydrogen) atoms. The number of carboxylic acids is 1. The third kappa shape index (κ3) is 3.96. The van der Waals surface area contributed by atoms with E-state index in [2.05, 4.69) is 5.32 Å². The molecule has 0 saturated carbocycles. The van der Waals surface area contributed by atoms with Gasteiger partial charge in [-0.3, -0.25) is 10.1 Å². The molecular weight excluding hydrogens is 262 g/mol. The van der Waals surface area contributed by atoms with Crippen molar-refractivity contribution in [3.8, 4) is 0 Å². The van der Waals surface area contributed by atoms with Crippen molar-refractivity contribution < 1.29 is 14.6 Å². The second kappa shape index (κ2) is 6.93. The normalized spacial score (nSPS) is 20.4. The minimum Gasteiger partial charge on any atom is -0.480 e. The molecule has 2 unspecified atom stereocenters. The van der Waals surface area contributed by atoms with Crippen molar-refractivity contribution in [1.82, 2.24) is 5.32 Å². The molecule has 5 heteroatoms. The zero-order chi connectivity index (χ0) is 13.7. The summed E-state index contributed by atoms with van der Waals surface area (Å²) in [7, 11) is 0. The molecule has 1 heterocycles. The van der Waals surface area contributed by atoms with E-state index in [9.17, 15) is 9.90 Å².